The highest BCUT2D eigenvalue weighted by Crippen LogP contribution is 2.48. The van der Waals surface area contributed by atoms with E-state index in [0.717, 1.165) is 25.3 Å². The van der Waals surface area contributed by atoms with E-state index in [9.17, 15) is 9.59 Å². The van der Waals surface area contributed by atoms with Gasteiger partial charge in [0.05, 0.1) is 0 Å². The van der Waals surface area contributed by atoms with Crippen LogP contribution >= 0.6 is 11.6 Å². The molecule has 1 heterocycles. The van der Waals surface area contributed by atoms with Gasteiger partial charge in [-0.1, -0.05) is 24.1 Å². The standard InChI is InChI=1S/C20H26ClN3O2/c21-16-3-1-4-17(13-16)22-20(26)24-8-2-7-23(9-10-24)19(25)18-12-14-5-6-15(18)11-14/h1,3-4,13-15,18H,2,5-12H2,(H,22,26)/t14-,15-,18+/m0/s1. The lowest BCUT2D eigenvalue weighted by molar-refractivity contribution is -0.137. The summed E-state index contributed by atoms with van der Waals surface area (Å²) in [6.07, 6.45) is 5.70. The number of hydrogen-bond donors (Lipinski definition) is 1. The van der Waals surface area contributed by atoms with Gasteiger partial charge in [0.2, 0.25) is 5.91 Å². The molecule has 2 aliphatic carbocycles. The molecule has 2 bridgehead atoms. The molecular formula is C20H26ClN3O2. The van der Waals surface area contributed by atoms with E-state index in [2.05, 4.69) is 5.32 Å². The van der Waals surface area contributed by atoms with Crippen LogP contribution in [-0.2, 0) is 4.79 Å². The first-order valence-electron chi connectivity index (χ1n) is 9.70. The number of fused-ring (bicyclic) bond motifs is 2. The first-order valence-corrected chi connectivity index (χ1v) is 10.1. The molecule has 0 aromatic heterocycles. The van der Waals surface area contributed by atoms with Crippen molar-refractivity contribution >= 4 is 29.2 Å². The molecule has 3 atom stereocenters. The Morgan fingerprint density at radius 3 is 2.58 bits per heavy atom. The molecule has 1 aromatic carbocycles. The summed E-state index contributed by atoms with van der Waals surface area (Å²) in [5, 5.41) is 3.50. The van der Waals surface area contributed by atoms with Crippen LogP contribution in [0.1, 0.15) is 32.1 Å². The van der Waals surface area contributed by atoms with Crippen molar-refractivity contribution in [3.63, 3.8) is 0 Å². The van der Waals surface area contributed by atoms with Crippen LogP contribution in [0.2, 0.25) is 5.02 Å². The molecule has 1 aliphatic heterocycles. The SMILES string of the molecule is O=C(Nc1cccc(Cl)c1)N1CCCN(C(=O)[C@@H]2C[C@H]3CC[C@H]2C3)CC1. The van der Waals surface area contributed by atoms with Gasteiger partial charge >= 0.3 is 6.03 Å². The minimum atomic E-state index is -0.124. The van der Waals surface area contributed by atoms with Gasteiger partial charge in [0, 0.05) is 42.8 Å². The Bertz CT molecular complexity index is 695. The average Bonchev–Trinajstić information content (AvgIpc) is 3.17. The molecular weight excluding hydrogens is 350 g/mol. The Balaban J connectivity index is 1.33. The van der Waals surface area contributed by atoms with Gasteiger partial charge in [-0.15, -0.1) is 0 Å². The molecule has 1 aromatic rings. The highest BCUT2D eigenvalue weighted by molar-refractivity contribution is 6.30. The quantitative estimate of drug-likeness (QED) is 0.853. The van der Waals surface area contributed by atoms with Gasteiger partial charge in [-0.2, -0.15) is 0 Å². The van der Waals surface area contributed by atoms with Gasteiger partial charge in [0.1, 0.15) is 0 Å². The highest BCUT2D eigenvalue weighted by Gasteiger charge is 2.44. The van der Waals surface area contributed by atoms with Crippen LogP contribution in [0.25, 0.3) is 0 Å². The van der Waals surface area contributed by atoms with E-state index in [4.69, 9.17) is 11.6 Å². The molecule has 0 spiro atoms. The maximum absolute atomic E-state index is 12.9. The fourth-order valence-corrected chi connectivity index (χ4v) is 5.08. The molecule has 5 nitrogen and oxygen atoms in total. The van der Waals surface area contributed by atoms with Crippen LogP contribution in [0.4, 0.5) is 10.5 Å². The Kier molecular flexibility index (Phi) is 5.07. The number of nitrogens with zero attached hydrogens (tertiary/aromatic N) is 2. The number of benzene rings is 1. The molecule has 140 valence electrons. The summed E-state index contributed by atoms with van der Waals surface area (Å²) in [4.78, 5) is 29.3. The number of nitrogens with one attached hydrogen (secondary N) is 1. The molecule has 0 radical (unpaired) electrons. The van der Waals surface area contributed by atoms with Crippen LogP contribution in [0.15, 0.2) is 24.3 Å². The summed E-state index contributed by atoms with van der Waals surface area (Å²) in [7, 11) is 0. The Labute approximate surface area is 159 Å². The molecule has 4 rings (SSSR count). The van der Waals surface area contributed by atoms with Crippen molar-refractivity contribution in [1.82, 2.24) is 9.80 Å². The number of anilines is 1. The third kappa shape index (κ3) is 3.68. The monoisotopic (exact) mass is 375 g/mol. The molecule has 3 aliphatic rings. The number of hydrogen-bond acceptors (Lipinski definition) is 2. The summed E-state index contributed by atoms with van der Waals surface area (Å²) in [5.74, 6) is 1.95. The molecule has 2 saturated carbocycles. The second kappa shape index (κ2) is 7.47. The predicted octanol–water partition coefficient (Wildman–Crippen LogP) is 3.84. The Morgan fingerprint density at radius 1 is 1.04 bits per heavy atom. The van der Waals surface area contributed by atoms with E-state index in [0.29, 0.717) is 42.2 Å². The van der Waals surface area contributed by atoms with Crippen molar-refractivity contribution in [2.24, 2.45) is 17.8 Å². The lowest BCUT2D eigenvalue weighted by atomic mass is 9.87. The van der Waals surface area contributed by atoms with Gasteiger partial charge in [-0.3, -0.25) is 4.79 Å². The van der Waals surface area contributed by atoms with Crippen LogP contribution < -0.4 is 5.32 Å². The van der Waals surface area contributed by atoms with Crippen molar-refractivity contribution in [3.8, 4) is 0 Å². The number of carbonyl (C=O) groups is 2. The van der Waals surface area contributed by atoms with E-state index in [1.54, 1.807) is 17.0 Å². The lowest BCUT2D eigenvalue weighted by Gasteiger charge is -2.28. The van der Waals surface area contributed by atoms with Gasteiger partial charge in [0.15, 0.2) is 0 Å². The number of rotatable bonds is 2. The summed E-state index contributed by atoms with van der Waals surface area (Å²) in [6, 6.07) is 7.04. The Hall–Kier alpha value is -1.75. The zero-order chi connectivity index (χ0) is 18.1. The molecule has 1 N–H and O–H groups in total. The summed E-state index contributed by atoms with van der Waals surface area (Å²) >= 11 is 5.97. The maximum Gasteiger partial charge on any atom is 0.321 e. The minimum absolute atomic E-state index is 0.124. The van der Waals surface area contributed by atoms with Crippen LogP contribution in [0.5, 0.6) is 0 Å². The minimum Gasteiger partial charge on any atom is -0.341 e. The van der Waals surface area contributed by atoms with Gasteiger partial charge in [-0.25, -0.2) is 4.79 Å². The molecule has 1 saturated heterocycles. The zero-order valence-electron chi connectivity index (χ0n) is 15.0. The van der Waals surface area contributed by atoms with Gasteiger partial charge in [-0.05, 0) is 55.7 Å². The molecule has 3 fully saturated rings. The normalized spacial score (nSPS) is 28.1. The number of amides is 3. The maximum atomic E-state index is 12.9. The fourth-order valence-electron chi connectivity index (χ4n) is 4.89. The number of halogens is 1. The summed E-state index contributed by atoms with van der Waals surface area (Å²) in [6.45, 7) is 2.65. The second-order valence-electron chi connectivity index (χ2n) is 7.89. The van der Waals surface area contributed by atoms with E-state index in [1.807, 2.05) is 17.0 Å². The van der Waals surface area contributed by atoms with Crippen molar-refractivity contribution in [2.45, 2.75) is 32.1 Å². The third-order valence-corrected chi connectivity index (χ3v) is 6.46. The van der Waals surface area contributed by atoms with Crippen LogP contribution in [0, 0.1) is 17.8 Å². The summed E-state index contributed by atoms with van der Waals surface area (Å²) < 4.78 is 0. The number of urea groups is 1. The van der Waals surface area contributed by atoms with E-state index in [1.165, 1.54) is 19.3 Å². The first kappa shape index (κ1) is 17.7. The fraction of sp³-hybridized carbons (Fsp3) is 0.600. The summed E-state index contributed by atoms with van der Waals surface area (Å²) in [5.41, 5.74) is 0.696. The van der Waals surface area contributed by atoms with Gasteiger partial charge in [0.25, 0.3) is 0 Å². The highest BCUT2D eigenvalue weighted by atomic mass is 35.5. The number of carbonyl (C=O) groups excluding carboxylic acids is 2. The molecule has 26 heavy (non-hydrogen) atoms. The Morgan fingerprint density at radius 2 is 1.85 bits per heavy atom. The van der Waals surface area contributed by atoms with Crippen molar-refractivity contribution in [1.29, 1.82) is 0 Å². The third-order valence-electron chi connectivity index (χ3n) is 6.23. The lowest BCUT2D eigenvalue weighted by Crippen LogP contribution is -2.42. The van der Waals surface area contributed by atoms with E-state index < -0.39 is 0 Å². The van der Waals surface area contributed by atoms with Crippen LogP contribution in [-0.4, -0.2) is 47.9 Å². The van der Waals surface area contributed by atoms with Gasteiger partial charge < -0.3 is 15.1 Å². The smallest absolute Gasteiger partial charge is 0.321 e. The zero-order valence-corrected chi connectivity index (χ0v) is 15.8. The van der Waals surface area contributed by atoms with Crippen molar-refractivity contribution in [2.75, 3.05) is 31.5 Å². The topological polar surface area (TPSA) is 52.7 Å². The van der Waals surface area contributed by atoms with Crippen molar-refractivity contribution < 1.29 is 9.59 Å². The van der Waals surface area contributed by atoms with E-state index in [-0.39, 0.29) is 11.9 Å². The molecule has 6 heteroatoms. The van der Waals surface area contributed by atoms with Crippen molar-refractivity contribution in [3.05, 3.63) is 29.3 Å². The predicted molar refractivity (Wildman–Crippen MR) is 102 cm³/mol. The second-order valence-corrected chi connectivity index (χ2v) is 8.32. The largest absolute Gasteiger partial charge is 0.341 e. The average molecular weight is 376 g/mol. The van der Waals surface area contributed by atoms with E-state index >= 15 is 0 Å². The molecule has 0 unspecified atom stereocenters. The first-order chi connectivity index (χ1) is 12.6. The van der Waals surface area contributed by atoms with Crippen LogP contribution in [0.3, 0.4) is 0 Å². The molecule has 3 amide bonds.